The molecule has 0 heterocycles. The summed E-state index contributed by atoms with van der Waals surface area (Å²) in [6.45, 7) is 9.43. The first-order chi connectivity index (χ1) is 10.5. The summed E-state index contributed by atoms with van der Waals surface area (Å²) in [5, 5.41) is 0. The van der Waals surface area contributed by atoms with Crippen molar-refractivity contribution in [1.82, 2.24) is 0 Å². The first-order valence-corrected chi connectivity index (χ1v) is 7.92. The van der Waals surface area contributed by atoms with E-state index >= 15 is 0 Å². The van der Waals surface area contributed by atoms with Crippen molar-refractivity contribution in [1.29, 1.82) is 0 Å². The zero-order chi connectivity index (χ0) is 16.0. The molecule has 0 amide bonds. The number of benzene rings is 2. The smallest absolute Gasteiger partial charge is 0.119 e. The van der Waals surface area contributed by atoms with Crippen LogP contribution in [-0.4, -0.2) is 12.8 Å². The Hall–Kier alpha value is -2.09. The highest BCUT2D eigenvalue weighted by molar-refractivity contribution is 5.82. The van der Waals surface area contributed by atoms with Crippen LogP contribution in [0, 0.1) is 0 Å². The van der Waals surface area contributed by atoms with Gasteiger partial charge in [0.2, 0.25) is 0 Å². The molecule has 0 fully saturated rings. The molecule has 0 N–H and O–H groups in total. The van der Waals surface area contributed by atoms with Crippen LogP contribution in [0.4, 0.5) is 5.69 Å². The van der Waals surface area contributed by atoms with Gasteiger partial charge in [0.1, 0.15) is 5.75 Å². The molecule has 2 aromatic carbocycles. The van der Waals surface area contributed by atoms with Crippen molar-refractivity contribution in [3.63, 3.8) is 0 Å². The summed E-state index contributed by atoms with van der Waals surface area (Å²) >= 11 is 0. The molecule has 0 bridgehead atoms. The maximum Gasteiger partial charge on any atom is 0.119 e. The summed E-state index contributed by atoms with van der Waals surface area (Å²) in [4.78, 5) is 4.54. The average molecular weight is 295 g/mol. The van der Waals surface area contributed by atoms with Crippen molar-refractivity contribution in [3.05, 3.63) is 59.7 Å². The molecule has 0 saturated carbocycles. The molecule has 0 saturated heterocycles. The first kappa shape index (κ1) is 16.3. The monoisotopic (exact) mass is 295 g/mol. The van der Waals surface area contributed by atoms with Gasteiger partial charge >= 0.3 is 0 Å². The molecule has 0 aromatic heterocycles. The molecule has 2 heteroatoms. The van der Waals surface area contributed by atoms with Crippen LogP contribution < -0.4 is 4.74 Å². The Balaban J connectivity index is 2.07. The molecule has 0 aliphatic rings. The minimum absolute atomic E-state index is 0.220. The van der Waals surface area contributed by atoms with Crippen LogP contribution in [0.25, 0.3) is 0 Å². The van der Waals surface area contributed by atoms with E-state index < -0.39 is 0 Å². The Morgan fingerprint density at radius 2 is 1.59 bits per heavy atom. The molecule has 2 nitrogen and oxygen atoms in total. The van der Waals surface area contributed by atoms with Crippen molar-refractivity contribution in [3.8, 4) is 5.75 Å². The first-order valence-electron chi connectivity index (χ1n) is 7.92. The molecule has 2 aromatic rings. The molecular weight excluding hydrogens is 270 g/mol. The molecule has 0 spiro atoms. The Morgan fingerprint density at radius 1 is 0.955 bits per heavy atom. The van der Waals surface area contributed by atoms with E-state index in [-0.39, 0.29) is 5.41 Å². The number of hydrogen-bond donors (Lipinski definition) is 0. The summed E-state index contributed by atoms with van der Waals surface area (Å²) in [5.74, 6) is 0.894. The zero-order valence-corrected chi connectivity index (χ0v) is 14.0. The maximum atomic E-state index is 5.43. The van der Waals surface area contributed by atoms with Gasteiger partial charge in [-0.1, -0.05) is 32.9 Å². The fourth-order valence-corrected chi connectivity index (χ4v) is 2.17. The van der Waals surface area contributed by atoms with E-state index in [4.69, 9.17) is 4.74 Å². The average Bonchev–Trinajstić information content (AvgIpc) is 2.55. The van der Waals surface area contributed by atoms with Crippen molar-refractivity contribution in [2.75, 3.05) is 6.61 Å². The third-order valence-electron chi connectivity index (χ3n) is 4.09. The van der Waals surface area contributed by atoms with E-state index in [1.54, 1.807) is 0 Å². The van der Waals surface area contributed by atoms with Gasteiger partial charge in [-0.05, 0) is 66.3 Å². The van der Waals surface area contributed by atoms with Gasteiger partial charge in [0.25, 0.3) is 0 Å². The molecule has 0 aliphatic heterocycles. The molecular formula is C20H25NO. The van der Waals surface area contributed by atoms with E-state index in [1.165, 1.54) is 5.56 Å². The van der Waals surface area contributed by atoms with Gasteiger partial charge < -0.3 is 4.74 Å². The SMILES string of the molecule is CCOc1ccc(C=Nc2ccc(C(C)(C)CC)cc2)cc1. The third-order valence-corrected chi connectivity index (χ3v) is 4.09. The zero-order valence-electron chi connectivity index (χ0n) is 14.0. The summed E-state index contributed by atoms with van der Waals surface area (Å²) in [6, 6.07) is 16.5. The van der Waals surface area contributed by atoms with Gasteiger partial charge in [0, 0.05) is 6.21 Å². The molecule has 116 valence electrons. The predicted molar refractivity (Wildman–Crippen MR) is 94.6 cm³/mol. The van der Waals surface area contributed by atoms with Crippen LogP contribution in [-0.2, 0) is 5.41 Å². The van der Waals surface area contributed by atoms with Crippen LogP contribution in [0.5, 0.6) is 5.75 Å². The second kappa shape index (κ2) is 7.26. The van der Waals surface area contributed by atoms with Gasteiger partial charge in [0.05, 0.1) is 12.3 Å². The van der Waals surface area contributed by atoms with Crippen LogP contribution >= 0.6 is 0 Å². The highest BCUT2D eigenvalue weighted by Gasteiger charge is 2.17. The highest BCUT2D eigenvalue weighted by atomic mass is 16.5. The topological polar surface area (TPSA) is 21.6 Å². The van der Waals surface area contributed by atoms with Crippen LogP contribution in [0.2, 0.25) is 0 Å². The Bertz CT molecular complexity index is 609. The van der Waals surface area contributed by atoms with E-state index in [0.717, 1.165) is 23.4 Å². The number of ether oxygens (including phenoxy) is 1. The van der Waals surface area contributed by atoms with Crippen molar-refractivity contribution < 1.29 is 4.74 Å². The Kier molecular flexibility index (Phi) is 5.37. The third kappa shape index (κ3) is 4.20. The lowest BCUT2D eigenvalue weighted by Crippen LogP contribution is -2.14. The van der Waals surface area contributed by atoms with Crippen molar-refractivity contribution in [2.45, 2.75) is 39.5 Å². The number of aliphatic imine (C=N–C) groups is 1. The summed E-state index contributed by atoms with van der Waals surface area (Å²) in [5.41, 5.74) is 3.62. The fraction of sp³-hybridized carbons (Fsp3) is 0.350. The molecule has 22 heavy (non-hydrogen) atoms. The summed E-state index contributed by atoms with van der Waals surface area (Å²) in [6.07, 6.45) is 3.01. The van der Waals surface area contributed by atoms with Crippen LogP contribution in [0.15, 0.2) is 53.5 Å². The predicted octanol–water partition coefficient (Wildman–Crippen LogP) is 5.52. The van der Waals surface area contributed by atoms with E-state index in [2.05, 4.69) is 50.0 Å². The molecule has 0 aliphatic carbocycles. The lowest BCUT2D eigenvalue weighted by Gasteiger charge is -2.23. The van der Waals surface area contributed by atoms with E-state index in [1.807, 2.05) is 37.4 Å². The number of hydrogen-bond acceptors (Lipinski definition) is 2. The molecule has 0 radical (unpaired) electrons. The number of rotatable bonds is 6. The minimum Gasteiger partial charge on any atom is -0.494 e. The lowest BCUT2D eigenvalue weighted by molar-refractivity contribution is 0.340. The quantitative estimate of drug-likeness (QED) is 0.643. The standard InChI is InChI=1S/C20H25NO/c1-5-20(3,4)17-9-11-18(12-10-17)21-15-16-7-13-19(14-8-16)22-6-2/h7-15H,5-6H2,1-4H3. The number of nitrogens with zero attached hydrogens (tertiary/aromatic N) is 1. The molecule has 0 unspecified atom stereocenters. The fourth-order valence-electron chi connectivity index (χ4n) is 2.17. The van der Waals surface area contributed by atoms with Crippen LogP contribution in [0.1, 0.15) is 45.2 Å². The molecule has 2 rings (SSSR count). The van der Waals surface area contributed by atoms with Crippen molar-refractivity contribution in [2.24, 2.45) is 4.99 Å². The second-order valence-corrected chi connectivity index (χ2v) is 6.04. The Labute approximate surface area is 133 Å². The van der Waals surface area contributed by atoms with E-state index in [0.29, 0.717) is 6.61 Å². The van der Waals surface area contributed by atoms with Gasteiger partial charge in [-0.25, -0.2) is 0 Å². The largest absolute Gasteiger partial charge is 0.494 e. The second-order valence-electron chi connectivity index (χ2n) is 6.04. The summed E-state index contributed by atoms with van der Waals surface area (Å²) < 4.78 is 5.43. The van der Waals surface area contributed by atoms with Gasteiger partial charge in [0.15, 0.2) is 0 Å². The van der Waals surface area contributed by atoms with Gasteiger partial charge in [-0.15, -0.1) is 0 Å². The Morgan fingerprint density at radius 3 is 2.14 bits per heavy atom. The van der Waals surface area contributed by atoms with Crippen LogP contribution in [0.3, 0.4) is 0 Å². The van der Waals surface area contributed by atoms with Gasteiger partial charge in [-0.2, -0.15) is 0 Å². The van der Waals surface area contributed by atoms with Crippen molar-refractivity contribution >= 4 is 11.9 Å². The minimum atomic E-state index is 0.220. The maximum absolute atomic E-state index is 5.43. The molecule has 0 atom stereocenters. The van der Waals surface area contributed by atoms with Gasteiger partial charge in [-0.3, -0.25) is 4.99 Å². The highest BCUT2D eigenvalue weighted by Crippen LogP contribution is 2.28. The van der Waals surface area contributed by atoms with E-state index in [9.17, 15) is 0 Å². The summed E-state index contributed by atoms with van der Waals surface area (Å²) in [7, 11) is 0. The normalized spacial score (nSPS) is 11.8. The lowest BCUT2D eigenvalue weighted by atomic mass is 9.82.